The fourth-order valence-corrected chi connectivity index (χ4v) is 5.14. The number of hydrogen-bond donors (Lipinski definition) is 1. The average molecular weight is 481 g/mol. The van der Waals surface area contributed by atoms with E-state index in [-0.39, 0.29) is 10.8 Å². The van der Waals surface area contributed by atoms with Crippen LogP contribution in [0.2, 0.25) is 0 Å². The maximum absolute atomic E-state index is 13.3. The molecule has 0 spiro atoms. The van der Waals surface area contributed by atoms with E-state index in [2.05, 4.69) is 5.32 Å². The van der Waals surface area contributed by atoms with Crippen LogP contribution >= 0.6 is 0 Å². The number of aryl methyl sites for hydroxylation is 2. The highest BCUT2D eigenvalue weighted by atomic mass is 32.2. The van der Waals surface area contributed by atoms with Crippen LogP contribution in [0.5, 0.6) is 5.75 Å². The number of rotatable bonds is 7. The molecule has 1 fully saturated rings. The quantitative estimate of drug-likeness (QED) is 0.551. The average Bonchev–Trinajstić information content (AvgIpc) is 2.86. The van der Waals surface area contributed by atoms with Gasteiger partial charge in [-0.1, -0.05) is 42.5 Å². The number of anilines is 1. The molecule has 1 atom stereocenters. The van der Waals surface area contributed by atoms with E-state index in [1.54, 1.807) is 12.1 Å². The van der Waals surface area contributed by atoms with E-state index in [4.69, 9.17) is 9.47 Å². The number of benzene rings is 3. The Kier molecular flexibility index (Phi) is 7.31. The van der Waals surface area contributed by atoms with Gasteiger partial charge in [0.2, 0.25) is 16.1 Å². The number of nitrogens with zero attached hydrogens (tertiary/aromatic N) is 1. The Morgan fingerprint density at radius 2 is 1.65 bits per heavy atom. The smallest absolute Gasteiger partial charge is 0.270 e. The molecule has 1 saturated heterocycles. The molecule has 8 heteroatoms. The molecule has 1 aliphatic heterocycles. The molecule has 0 aliphatic carbocycles. The molecule has 178 valence electrons. The maximum Gasteiger partial charge on any atom is 0.270 e. The van der Waals surface area contributed by atoms with Gasteiger partial charge < -0.3 is 14.8 Å². The Labute approximate surface area is 200 Å². The van der Waals surface area contributed by atoms with Gasteiger partial charge in [0.05, 0.1) is 18.1 Å². The van der Waals surface area contributed by atoms with Crippen molar-refractivity contribution in [2.24, 2.45) is 0 Å². The van der Waals surface area contributed by atoms with Gasteiger partial charge in [0, 0.05) is 24.3 Å². The third-order valence-corrected chi connectivity index (χ3v) is 7.59. The van der Waals surface area contributed by atoms with Crippen molar-refractivity contribution < 1.29 is 22.7 Å². The molecule has 1 N–H and O–H groups in total. The lowest BCUT2D eigenvalue weighted by atomic mass is 10.1. The summed E-state index contributed by atoms with van der Waals surface area (Å²) in [5.74, 6) is 0.0795. The standard InChI is InChI=1S/C26H28N2O5S/c1-19-8-9-20(2)24(18-19)27-26(29)25(21-6-4-3-5-7-21)33-22-10-12-23(13-11-22)34(30,31)28-14-16-32-17-15-28/h3-13,18,25H,14-17H2,1-2H3,(H,27,29)/t25-/m0/s1. The first kappa shape index (κ1) is 23.9. The van der Waals surface area contributed by atoms with E-state index in [9.17, 15) is 13.2 Å². The lowest BCUT2D eigenvalue weighted by molar-refractivity contribution is -0.123. The zero-order valence-electron chi connectivity index (χ0n) is 19.2. The van der Waals surface area contributed by atoms with Crippen LogP contribution in [-0.2, 0) is 19.6 Å². The highest BCUT2D eigenvalue weighted by Gasteiger charge is 2.27. The number of carbonyl (C=O) groups excluding carboxylic acids is 1. The summed E-state index contributed by atoms with van der Waals surface area (Å²) < 4.78 is 38.5. The van der Waals surface area contributed by atoms with E-state index in [0.717, 1.165) is 16.8 Å². The normalized spacial score (nSPS) is 15.5. The van der Waals surface area contributed by atoms with E-state index in [0.29, 0.717) is 37.6 Å². The van der Waals surface area contributed by atoms with Crippen molar-refractivity contribution in [2.75, 3.05) is 31.6 Å². The molecule has 3 aromatic rings. The summed E-state index contributed by atoms with van der Waals surface area (Å²) in [5.41, 5.74) is 3.40. The van der Waals surface area contributed by atoms with E-state index in [1.807, 2.05) is 62.4 Å². The summed E-state index contributed by atoms with van der Waals surface area (Å²) in [4.78, 5) is 13.4. The number of hydrogen-bond acceptors (Lipinski definition) is 5. The molecule has 1 amide bonds. The van der Waals surface area contributed by atoms with Crippen LogP contribution in [0.25, 0.3) is 0 Å². The molecular formula is C26H28N2O5S. The zero-order valence-corrected chi connectivity index (χ0v) is 20.0. The summed E-state index contributed by atoms with van der Waals surface area (Å²) in [6.07, 6.45) is -0.914. The molecule has 0 aromatic heterocycles. The van der Waals surface area contributed by atoms with Gasteiger partial charge in [-0.25, -0.2) is 8.42 Å². The van der Waals surface area contributed by atoms with Gasteiger partial charge in [0.15, 0.2) is 0 Å². The molecule has 0 unspecified atom stereocenters. The van der Waals surface area contributed by atoms with Gasteiger partial charge in [0.25, 0.3) is 5.91 Å². The van der Waals surface area contributed by atoms with Crippen LogP contribution in [-0.4, -0.2) is 44.9 Å². The van der Waals surface area contributed by atoms with Gasteiger partial charge in [-0.05, 0) is 55.3 Å². The van der Waals surface area contributed by atoms with Crippen LogP contribution in [0.15, 0.2) is 77.7 Å². The Morgan fingerprint density at radius 3 is 2.32 bits per heavy atom. The predicted molar refractivity (Wildman–Crippen MR) is 130 cm³/mol. The molecular weight excluding hydrogens is 452 g/mol. The highest BCUT2D eigenvalue weighted by molar-refractivity contribution is 7.89. The molecule has 1 heterocycles. The van der Waals surface area contributed by atoms with E-state index >= 15 is 0 Å². The van der Waals surface area contributed by atoms with Gasteiger partial charge >= 0.3 is 0 Å². The first-order chi connectivity index (χ1) is 16.3. The van der Waals surface area contributed by atoms with Crippen LogP contribution < -0.4 is 10.1 Å². The lowest BCUT2D eigenvalue weighted by Gasteiger charge is -2.26. The molecule has 3 aromatic carbocycles. The third kappa shape index (κ3) is 5.47. The molecule has 0 radical (unpaired) electrons. The van der Waals surface area contributed by atoms with Gasteiger partial charge in [-0.15, -0.1) is 0 Å². The second kappa shape index (κ2) is 10.4. The van der Waals surface area contributed by atoms with Crippen molar-refractivity contribution in [1.82, 2.24) is 4.31 Å². The van der Waals surface area contributed by atoms with Gasteiger partial charge in [0.1, 0.15) is 5.75 Å². The summed E-state index contributed by atoms with van der Waals surface area (Å²) in [6.45, 7) is 5.32. The monoisotopic (exact) mass is 480 g/mol. The number of morpholine rings is 1. The fourth-order valence-electron chi connectivity index (χ4n) is 3.73. The number of sulfonamides is 1. The molecule has 4 rings (SSSR count). The largest absolute Gasteiger partial charge is 0.476 e. The number of carbonyl (C=O) groups is 1. The summed E-state index contributed by atoms with van der Waals surface area (Å²) in [5, 5.41) is 2.97. The summed E-state index contributed by atoms with van der Waals surface area (Å²) >= 11 is 0. The van der Waals surface area contributed by atoms with E-state index < -0.39 is 16.1 Å². The maximum atomic E-state index is 13.3. The Hall–Kier alpha value is -3.20. The second-order valence-corrected chi connectivity index (χ2v) is 10.1. The minimum atomic E-state index is -3.61. The Morgan fingerprint density at radius 1 is 0.971 bits per heavy atom. The first-order valence-electron chi connectivity index (χ1n) is 11.1. The lowest BCUT2D eigenvalue weighted by Crippen LogP contribution is -2.40. The molecule has 34 heavy (non-hydrogen) atoms. The summed E-state index contributed by atoms with van der Waals surface area (Å²) in [6, 6.07) is 21.2. The SMILES string of the molecule is Cc1ccc(C)c(NC(=O)[C@@H](Oc2ccc(S(=O)(=O)N3CCOCC3)cc2)c2ccccc2)c1. The summed E-state index contributed by atoms with van der Waals surface area (Å²) in [7, 11) is -3.61. The van der Waals surface area contributed by atoms with Crippen LogP contribution in [0.4, 0.5) is 5.69 Å². The minimum absolute atomic E-state index is 0.179. The topological polar surface area (TPSA) is 84.9 Å². The van der Waals surface area contributed by atoms with Crippen molar-refractivity contribution in [3.8, 4) is 5.75 Å². The van der Waals surface area contributed by atoms with Crippen molar-refractivity contribution in [2.45, 2.75) is 24.8 Å². The Bertz CT molecular complexity index is 1240. The van der Waals surface area contributed by atoms with Crippen molar-refractivity contribution in [3.05, 3.63) is 89.5 Å². The Balaban J connectivity index is 1.56. The van der Waals surface area contributed by atoms with Gasteiger partial charge in [-0.2, -0.15) is 4.31 Å². The zero-order chi connectivity index (χ0) is 24.1. The van der Waals surface area contributed by atoms with Gasteiger partial charge in [-0.3, -0.25) is 4.79 Å². The minimum Gasteiger partial charge on any atom is -0.476 e. The van der Waals surface area contributed by atoms with E-state index in [1.165, 1.54) is 16.4 Å². The fraction of sp³-hybridized carbons (Fsp3) is 0.269. The number of nitrogens with one attached hydrogen (secondary N) is 1. The van der Waals surface area contributed by atoms with Crippen molar-refractivity contribution in [3.63, 3.8) is 0 Å². The first-order valence-corrected chi connectivity index (χ1v) is 12.6. The molecule has 0 bridgehead atoms. The molecule has 7 nitrogen and oxygen atoms in total. The second-order valence-electron chi connectivity index (χ2n) is 8.20. The van der Waals surface area contributed by atoms with Crippen molar-refractivity contribution >= 4 is 21.6 Å². The van der Waals surface area contributed by atoms with Crippen molar-refractivity contribution in [1.29, 1.82) is 0 Å². The molecule has 0 saturated carbocycles. The predicted octanol–water partition coefficient (Wildman–Crippen LogP) is 4.08. The van der Waals surface area contributed by atoms with Crippen LogP contribution in [0.1, 0.15) is 22.8 Å². The number of amides is 1. The molecule has 1 aliphatic rings. The van der Waals surface area contributed by atoms with Crippen LogP contribution in [0, 0.1) is 13.8 Å². The van der Waals surface area contributed by atoms with Crippen LogP contribution in [0.3, 0.4) is 0 Å². The number of ether oxygens (including phenoxy) is 2. The highest BCUT2D eigenvalue weighted by Crippen LogP contribution is 2.27. The third-order valence-electron chi connectivity index (χ3n) is 5.68.